The number of aromatic nitrogens is 1. The second kappa shape index (κ2) is 10.6. The zero-order chi connectivity index (χ0) is 31.5. The lowest BCUT2D eigenvalue weighted by molar-refractivity contribution is 0.595. The van der Waals surface area contributed by atoms with Crippen molar-refractivity contribution in [3.05, 3.63) is 170 Å². The van der Waals surface area contributed by atoms with Crippen LogP contribution in [0.15, 0.2) is 180 Å². The van der Waals surface area contributed by atoms with E-state index in [1.165, 1.54) is 0 Å². The molecule has 0 aliphatic carbocycles. The summed E-state index contributed by atoms with van der Waals surface area (Å²) in [5, 5.41) is 1.89. The topological polar surface area (TPSA) is 42.3 Å². The predicted molar refractivity (Wildman–Crippen MR) is 192 cm³/mol. The summed E-state index contributed by atoms with van der Waals surface area (Å²) in [6.45, 7) is 0. The Morgan fingerprint density at radius 3 is 1.64 bits per heavy atom. The summed E-state index contributed by atoms with van der Waals surface area (Å²) in [6.07, 6.45) is 0. The minimum absolute atomic E-state index is 0.304. The van der Waals surface area contributed by atoms with Gasteiger partial charge in [-0.15, -0.1) is 0 Å². The molecule has 7 aromatic carbocycles. The van der Waals surface area contributed by atoms with Crippen molar-refractivity contribution in [1.29, 1.82) is 0 Å². The molecule has 0 fully saturated rings. The molecule has 1 aliphatic heterocycles. The van der Waals surface area contributed by atoms with E-state index in [0.717, 1.165) is 55.4 Å². The zero-order valence-electron chi connectivity index (χ0n) is 25.3. The van der Waals surface area contributed by atoms with Gasteiger partial charge in [-0.3, -0.25) is 0 Å². The lowest BCUT2D eigenvalue weighted by Crippen LogP contribution is -2.22. The summed E-state index contributed by atoms with van der Waals surface area (Å²) in [5.41, 5.74) is 9.59. The lowest BCUT2D eigenvalue weighted by atomic mass is 9.98. The summed E-state index contributed by atoms with van der Waals surface area (Å²) >= 11 is 0. The molecule has 1 aromatic heterocycles. The van der Waals surface area contributed by atoms with Crippen LogP contribution in [-0.4, -0.2) is 13.0 Å². The molecule has 0 N–H and O–H groups in total. The summed E-state index contributed by atoms with van der Waals surface area (Å²) in [5.74, 6) is 0. The fraction of sp³-hybridized carbons (Fsp3) is 0. The van der Waals surface area contributed by atoms with Crippen LogP contribution in [0, 0.1) is 0 Å². The Hall–Kier alpha value is -5.91. The maximum atomic E-state index is 14.3. The lowest BCUT2D eigenvalue weighted by Gasteiger charge is -2.33. The van der Waals surface area contributed by atoms with Gasteiger partial charge in [0, 0.05) is 22.1 Å². The summed E-state index contributed by atoms with van der Waals surface area (Å²) in [6, 6.07) is 57.0. The molecule has 9 rings (SSSR count). The van der Waals surface area contributed by atoms with E-state index in [9.17, 15) is 8.42 Å². The minimum atomic E-state index is -3.79. The molecule has 0 radical (unpaired) electrons. The van der Waals surface area contributed by atoms with E-state index in [4.69, 9.17) is 0 Å². The van der Waals surface area contributed by atoms with Gasteiger partial charge in [-0.2, -0.15) is 0 Å². The van der Waals surface area contributed by atoms with Crippen molar-refractivity contribution >= 4 is 48.7 Å². The number of benzene rings is 7. The molecular weight excluding hydrogens is 597 g/mol. The second-order valence-electron chi connectivity index (χ2n) is 11.8. The number of fused-ring (bicyclic) bond motifs is 5. The number of rotatable bonds is 4. The van der Waals surface area contributed by atoms with Crippen LogP contribution >= 0.6 is 0 Å². The third-order valence-corrected chi connectivity index (χ3v) is 10.9. The molecule has 0 spiro atoms. The van der Waals surface area contributed by atoms with Crippen molar-refractivity contribution in [3.63, 3.8) is 0 Å². The van der Waals surface area contributed by atoms with E-state index in [2.05, 4.69) is 94.4 Å². The average Bonchev–Trinajstić information content (AvgIpc) is 3.45. The largest absolute Gasteiger partial charge is 0.309 e. The van der Waals surface area contributed by atoms with Gasteiger partial charge in [-0.1, -0.05) is 109 Å². The summed E-state index contributed by atoms with van der Waals surface area (Å²) in [4.78, 5) is 2.68. The Balaban J connectivity index is 1.39. The molecule has 4 nitrogen and oxygen atoms in total. The third kappa shape index (κ3) is 4.32. The van der Waals surface area contributed by atoms with E-state index in [0.29, 0.717) is 21.2 Å². The van der Waals surface area contributed by atoms with Gasteiger partial charge in [-0.05, 0) is 82.9 Å². The molecule has 1 aliphatic rings. The quantitative estimate of drug-likeness (QED) is 0.196. The molecule has 8 aromatic rings. The number of sulfone groups is 1. The van der Waals surface area contributed by atoms with Crippen LogP contribution in [-0.2, 0) is 9.84 Å². The van der Waals surface area contributed by atoms with Crippen LogP contribution in [0.2, 0.25) is 0 Å². The van der Waals surface area contributed by atoms with Crippen molar-refractivity contribution in [3.8, 4) is 27.9 Å². The molecule has 0 saturated heterocycles. The van der Waals surface area contributed by atoms with Gasteiger partial charge in [0.05, 0.1) is 32.2 Å². The van der Waals surface area contributed by atoms with Crippen molar-refractivity contribution in [2.75, 3.05) is 4.90 Å². The van der Waals surface area contributed by atoms with Crippen LogP contribution in [0.4, 0.5) is 17.1 Å². The Morgan fingerprint density at radius 1 is 0.383 bits per heavy atom. The number of nitrogens with zero attached hydrogens (tertiary/aromatic N) is 2. The average molecular weight is 625 g/mol. The zero-order valence-corrected chi connectivity index (χ0v) is 26.1. The molecular formula is C42H28N2O2S. The first-order chi connectivity index (χ1) is 23.1. The maximum Gasteiger partial charge on any atom is 0.210 e. The summed E-state index contributed by atoms with van der Waals surface area (Å²) < 4.78 is 30.9. The molecule has 0 saturated carbocycles. The van der Waals surface area contributed by atoms with E-state index in [-0.39, 0.29) is 0 Å². The van der Waals surface area contributed by atoms with Crippen LogP contribution in [0.3, 0.4) is 0 Å². The van der Waals surface area contributed by atoms with Crippen molar-refractivity contribution in [1.82, 2.24) is 4.57 Å². The van der Waals surface area contributed by atoms with Gasteiger partial charge in [0.1, 0.15) is 0 Å². The first kappa shape index (κ1) is 27.4. The molecule has 0 amide bonds. The molecule has 2 heterocycles. The van der Waals surface area contributed by atoms with Crippen molar-refractivity contribution < 1.29 is 8.42 Å². The first-order valence-corrected chi connectivity index (χ1v) is 17.1. The molecule has 0 bridgehead atoms. The van der Waals surface area contributed by atoms with Crippen molar-refractivity contribution in [2.45, 2.75) is 9.79 Å². The minimum Gasteiger partial charge on any atom is -0.309 e. The number of para-hydroxylation sites is 3. The Morgan fingerprint density at radius 2 is 0.957 bits per heavy atom. The fourth-order valence-electron chi connectivity index (χ4n) is 6.96. The molecule has 5 heteroatoms. The van der Waals surface area contributed by atoms with Gasteiger partial charge >= 0.3 is 0 Å². The predicted octanol–water partition coefficient (Wildman–Crippen LogP) is 10.7. The highest BCUT2D eigenvalue weighted by Gasteiger charge is 2.36. The van der Waals surface area contributed by atoms with E-state index in [1.54, 1.807) is 12.1 Å². The molecule has 47 heavy (non-hydrogen) atoms. The number of hydrogen-bond acceptors (Lipinski definition) is 3. The van der Waals surface area contributed by atoms with Gasteiger partial charge in [0.15, 0.2) is 0 Å². The van der Waals surface area contributed by atoms with Crippen molar-refractivity contribution in [2.24, 2.45) is 0 Å². The van der Waals surface area contributed by atoms with Gasteiger partial charge < -0.3 is 9.47 Å². The Labute approximate surface area is 273 Å². The number of anilines is 3. The molecule has 0 unspecified atom stereocenters. The van der Waals surface area contributed by atoms with Gasteiger partial charge in [-0.25, -0.2) is 8.42 Å². The molecule has 0 atom stereocenters. The highest BCUT2D eigenvalue weighted by molar-refractivity contribution is 7.92. The van der Waals surface area contributed by atoms with Crippen LogP contribution < -0.4 is 4.90 Å². The maximum absolute atomic E-state index is 14.3. The second-order valence-corrected chi connectivity index (χ2v) is 13.7. The highest BCUT2D eigenvalue weighted by Crippen LogP contribution is 2.50. The van der Waals surface area contributed by atoms with Crippen LogP contribution in [0.25, 0.3) is 49.7 Å². The smallest absolute Gasteiger partial charge is 0.210 e. The van der Waals surface area contributed by atoms with E-state index in [1.807, 2.05) is 72.8 Å². The standard InChI is InChI=1S/C42H28N2O2S/c45-47(46)41-23-13-12-22-38(41)43(33-18-8-3-9-19-33)40-28-39-36(27-42(40)47)35-20-10-11-21-37(35)44(39)34-25-31(29-14-4-1-5-15-29)24-32(26-34)30-16-6-2-7-17-30/h1-28H. The van der Waals surface area contributed by atoms with E-state index >= 15 is 0 Å². The third-order valence-electron chi connectivity index (χ3n) is 9.08. The summed E-state index contributed by atoms with van der Waals surface area (Å²) in [7, 11) is -3.79. The van der Waals surface area contributed by atoms with Crippen LogP contribution in [0.5, 0.6) is 0 Å². The SMILES string of the molecule is O=S1(=O)c2ccccc2N(c2ccccc2)c2cc3c(cc21)c1ccccc1n3-c1cc(-c2ccccc2)cc(-c2ccccc2)c1. The normalized spacial score (nSPS) is 13.4. The van der Waals surface area contributed by atoms with Gasteiger partial charge in [0.2, 0.25) is 9.84 Å². The monoisotopic (exact) mass is 624 g/mol. The van der Waals surface area contributed by atoms with E-state index < -0.39 is 9.84 Å². The fourth-order valence-corrected chi connectivity index (χ4v) is 8.59. The first-order valence-electron chi connectivity index (χ1n) is 15.6. The Kier molecular flexibility index (Phi) is 6.17. The number of hydrogen-bond donors (Lipinski definition) is 0. The van der Waals surface area contributed by atoms with Crippen LogP contribution in [0.1, 0.15) is 0 Å². The molecule has 224 valence electrons. The Bertz CT molecular complexity index is 2520. The highest BCUT2D eigenvalue weighted by atomic mass is 32.2. The van der Waals surface area contributed by atoms with Gasteiger partial charge in [0.25, 0.3) is 0 Å².